The van der Waals surface area contributed by atoms with Crippen LogP contribution in [0.25, 0.3) is 10.8 Å². The molecule has 4 rings (SSSR count). The highest BCUT2D eigenvalue weighted by atomic mass is 32.1. The molecule has 4 nitrogen and oxygen atoms in total. The molecule has 25 heavy (non-hydrogen) atoms. The first-order valence-corrected chi connectivity index (χ1v) is 9.41. The molecule has 3 aromatic rings. The van der Waals surface area contributed by atoms with E-state index in [1.165, 1.54) is 5.56 Å². The number of fused-ring (bicyclic) bond motifs is 1. The Morgan fingerprint density at radius 2 is 2.16 bits per heavy atom. The van der Waals surface area contributed by atoms with Crippen molar-refractivity contribution in [3.05, 3.63) is 58.8 Å². The Balaban J connectivity index is 1.58. The molecule has 2 aromatic heterocycles. The molecule has 1 aliphatic heterocycles. The number of nitrogens with zero attached hydrogens (tertiary/aromatic N) is 2. The van der Waals surface area contributed by atoms with Crippen LogP contribution in [0.15, 0.2) is 46.2 Å². The molecule has 0 radical (unpaired) electrons. The van der Waals surface area contributed by atoms with Crippen LogP contribution in [-0.2, 0) is 11.2 Å². The number of amides is 1. The summed E-state index contributed by atoms with van der Waals surface area (Å²) >= 11 is 1.58. The minimum Gasteiger partial charge on any atom is -0.440 e. The second kappa shape index (κ2) is 6.48. The van der Waals surface area contributed by atoms with Crippen LogP contribution in [0.2, 0.25) is 0 Å². The zero-order chi connectivity index (χ0) is 17.4. The summed E-state index contributed by atoms with van der Waals surface area (Å²) in [6.45, 7) is 4.85. The molecular weight excluding hydrogens is 332 g/mol. The highest BCUT2D eigenvalue weighted by molar-refractivity contribution is 7.13. The van der Waals surface area contributed by atoms with Crippen molar-refractivity contribution in [3.63, 3.8) is 0 Å². The summed E-state index contributed by atoms with van der Waals surface area (Å²) in [7, 11) is 0. The maximum Gasteiger partial charge on any atom is 0.236 e. The second-order valence-corrected chi connectivity index (χ2v) is 7.42. The number of anilines is 1. The molecule has 1 atom stereocenters. The summed E-state index contributed by atoms with van der Waals surface area (Å²) in [4.78, 5) is 20.4. The van der Waals surface area contributed by atoms with Crippen LogP contribution in [-0.4, -0.2) is 17.4 Å². The summed E-state index contributed by atoms with van der Waals surface area (Å²) in [5.74, 6) is 1.88. The van der Waals surface area contributed by atoms with Crippen molar-refractivity contribution in [3.8, 4) is 10.8 Å². The number of aromatic nitrogens is 1. The highest BCUT2D eigenvalue weighted by Crippen LogP contribution is 2.35. The van der Waals surface area contributed by atoms with Crippen LogP contribution in [0.4, 0.5) is 5.69 Å². The molecule has 0 N–H and O–H groups in total. The molecule has 0 aliphatic carbocycles. The van der Waals surface area contributed by atoms with Gasteiger partial charge in [-0.3, -0.25) is 4.79 Å². The van der Waals surface area contributed by atoms with E-state index in [4.69, 9.17) is 4.42 Å². The van der Waals surface area contributed by atoms with Gasteiger partial charge >= 0.3 is 0 Å². The van der Waals surface area contributed by atoms with Crippen LogP contribution in [0.5, 0.6) is 0 Å². The zero-order valence-corrected chi connectivity index (χ0v) is 15.2. The van der Waals surface area contributed by atoms with E-state index < -0.39 is 0 Å². The Bertz CT molecular complexity index is 898. The lowest BCUT2D eigenvalue weighted by molar-refractivity contribution is -0.118. The number of hydrogen-bond donors (Lipinski definition) is 0. The first-order chi connectivity index (χ1) is 12.1. The van der Waals surface area contributed by atoms with Gasteiger partial charge in [0.2, 0.25) is 11.8 Å². The number of carbonyl (C=O) groups is 1. The van der Waals surface area contributed by atoms with Crippen LogP contribution in [0.3, 0.4) is 0 Å². The summed E-state index contributed by atoms with van der Waals surface area (Å²) in [6.07, 6.45) is 1.25. The molecule has 1 aromatic carbocycles. The van der Waals surface area contributed by atoms with E-state index in [1.807, 2.05) is 47.5 Å². The minimum absolute atomic E-state index is 0.0773. The number of para-hydroxylation sites is 1. The largest absolute Gasteiger partial charge is 0.440 e. The van der Waals surface area contributed by atoms with Gasteiger partial charge in [-0.1, -0.05) is 31.2 Å². The van der Waals surface area contributed by atoms with Gasteiger partial charge in [0.25, 0.3) is 0 Å². The van der Waals surface area contributed by atoms with Gasteiger partial charge in [0.15, 0.2) is 0 Å². The van der Waals surface area contributed by atoms with Gasteiger partial charge in [-0.15, -0.1) is 11.3 Å². The van der Waals surface area contributed by atoms with Crippen LogP contribution < -0.4 is 4.90 Å². The van der Waals surface area contributed by atoms with E-state index in [9.17, 15) is 4.79 Å². The molecule has 0 fully saturated rings. The minimum atomic E-state index is 0.0773. The number of benzene rings is 1. The third kappa shape index (κ3) is 3.00. The monoisotopic (exact) mass is 352 g/mol. The first kappa shape index (κ1) is 16.1. The Morgan fingerprint density at radius 3 is 2.96 bits per heavy atom. The maximum absolute atomic E-state index is 12.9. The van der Waals surface area contributed by atoms with Gasteiger partial charge in [-0.2, -0.15) is 0 Å². The van der Waals surface area contributed by atoms with Gasteiger partial charge in [-0.05, 0) is 42.3 Å². The van der Waals surface area contributed by atoms with Gasteiger partial charge in [-0.25, -0.2) is 4.98 Å². The average molecular weight is 352 g/mol. The fourth-order valence-electron chi connectivity index (χ4n) is 3.34. The summed E-state index contributed by atoms with van der Waals surface area (Å²) < 4.78 is 5.76. The lowest BCUT2D eigenvalue weighted by Gasteiger charge is -2.32. The smallest absolute Gasteiger partial charge is 0.236 e. The Kier molecular flexibility index (Phi) is 4.17. The molecule has 0 unspecified atom stereocenters. The van der Waals surface area contributed by atoms with E-state index in [0.29, 0.717) is 11.8 Å². The number of aryl methyl sites for hydroxylation is 1. The molecule has 5 heteroatoms. The molecular formula is C20H20N2O2S. The van der Waals surface area contributed by atoms with Crippen molar-refractivity contribution in [2.75, 3.05) is 11.4 Å². The summed E-state index contributed by atoms with van der Waals surface area (Å²) in [5.41, 5.74) is 3.01. The van der Waals surface area contributed by atoms with Gasteiger partial charge < -0.3 is 9.32 Å². The second-order valence-electron chi connectivity index (χ2n) is 6.47. The molecule has 3 heterocycles. The SMILES string of the molecule is Cc1oc(-c2cccs2)nc1CC(=O)N1CC[C@@H](C)c2ccccc21. The van der Waals surface area contributed by atoms with Gasteiger partial charge in [0.05, 0.1) is 17.0 Å². The topological polar surface area (TPSA) is 46.3 Å². The molecule has 1 amide bonds. The zero-order valence-electron chi connectivity index (χ0n) is 14.4. The standard InChI is InChI=1S/C20H20N2O2S/c1-13-9-10-22(17-7-4-3-6-15(13)17)19(23)12-16-14(2)24-20(21-16)18-8-5-11-25-18/h3-8,11,13H,9-10,12H2,1-2H3/t13-/m1/s1. The van der Waals surface area contributed by atoms with Crippen molar-refractivity contribution in [2.24, 2.45) is 0 Å². The number of hydrogen-bond acceptors (Lipinski definition) is 4. The van der Waals surface area contributed by atoms with Crippen molar-refractivity contribution >= 4 is 22.9 Å². The lowest BCUT2D eigenvalue weighted by atomic mass is 9.91. The number of carbonyl (C=O) groups excluding carboxylic acids is 1. The molecule has 0 spiro atoms. The average Bonchev–Trinajstić information content (AvgIpc) is 3.26. The van der Waals surface area contributed by atoms with E-state index in [2.05, 4.69) is 18.0 Å². The molecule has 0 bridgehead atoms. The van der Waals surface area contributed by atoms with Crippen LogP contribution >= 0.6 is 11.3 Å². The van der Waals surface area contributed by atoms with E-state index in [-0.39, 0.29) is 12.3 Å². The van der Waals surface area contributed by atoms with Crippen molar-refractivity contribution in [2.45, 2.75) is 32.6 Å². The first-order valence-electron chi connectivity index (χ1n) is 8.53. The quantitative estimate of drug-likeness (QED) is 0.680. The molecule has 1 aliphatic rings. The maximum atomic E-state index is 12.9. The summed E-state index contributed by atoms with van der Waals surface area (Å²) in [6, 6.07) is 12.1. The van der Waals surface area contributed by atoms with Gasteiger partial charge in [0.1, 0.15) is 5.76 Å². The van der Waals surface area contributed by atoms with E-state index in [1.54, 1.807) is 11.3 Å². The number of thiophene rings is 1. The van der Waals surface area contributed by atoms with Crippen LogP contribution in [0.1, 0.15) is 36.3 Å². The molecule has 0 saturated heterocycles. The van der Waals surface area contributed by atoms with Crippen molar-refractivity contribution in [1.82, 2.24) is 4.98 Å². The molecule has 0 saturated carbocycles. The predicted octanol–water partition coefficient (Wildman–Crippen LogP) is 4.79. The third-order valence-corrected chi connectivity index (χ3v) is 5.65. The van der Waals surface area contributed by atoms with E-state index in [0.717, 1.165) is 35.0 Å². The van der Waals surface area contributed by atoms with Crippen molar-refractivity contribution in [1.29, 1.82) is 0 Å². The lowest BCUT2D eigenvalue weighted by Crippen LogP contribution is -2.37. The fraction of sp³-hybridized carbons (Fsp3) is 0.300. The number of rotatable bonds is 3. The predicted molar refractivity (Wildman–Crippen MR) is 100 cm³/mol. The Labute approximate surface area is 151 Å². The summed E-state index contributed by atoms with van der Waals surface area (Å²) in [5, 5.41) is 1.99. The van der Waals surface area contributed by atoms with Gasteiger partial charge in [0, 0.05) is 12.2 Å². The highest BCUT2D eigenvalue weighted by Gasteiger charge is 2.27. The Hall–Kier alpha value is -2.40. The molecule has 128 valence electrons. The van der Waals surface area contributed by atoms with Crippen LogP contribution in [0, 0.1) is 6.92 Å². The van der Waals surface area contributed by atoms with E-state index >= 15 is 0 Å². The normalized spacial score (nSPS) is 16.7. The Morgan fingerprint density at radius 1 is 1.32 bits per heavy atom. The fourth-order valence-corrected chi connectivity index (χ4v) is 3.99. The number of oxazole rings is 1. The third-order valence-electron chi connectivity index (χ3n) is 4.79. The van der Waals surface area contributed by atoms with Crippen molar-refractivity contribution < 1.29 is 9.21 Å².